The van der Waals surface area contributed by atoms with Crippen molar-refractivity contribution < 1.29 is 9.53 Å². The van der Waals surface area contributed by atoms with Gasteiger partial charge in [-0.25, -0.2) is 9.97 Å². The van der Waals surface area contributed by atoms with E-state index >= 15 is 0 Å². The molecular formula is C25H22N4O2. The number of Topliss-reactive ketones (excluding diaryl/α,β-unsaturated/α-hetero) is 1. The van der Waals surface area contributed by atoms with Crippen LogP contribution in [0.2, 0.25) is 0 Å². The van der Waals surface area contributed by atoms with Gasteiger partial charge in [-0.2, -0.15) is 0 Å². The lowest BCUT2D eigenvalue weighted by atomic mass is 10.0. The molecule has 0 amide bonds. The van der Waals surface area contributed by atoms with Crippen LogP contribution in [0.5, 0.6) is 11.5 Å². The van der Waals surface area contributed by atoms with Gasteiger partial charge in [-0.3, -0.25) is 9.78 Å². The molecule has 4 rings (SSSR count). The Morgan fingerprint density at radius 3 is 2.29 bits per heavy atom. The number of hydrogen-bond acceptors (Lipinski definition) is 6. The second-order valence-electron chi connectivity index (χ2n) is 7.00. The van der Waals surface area contributed by atoms with E-state index in [1.54, 1.807) is 30.5 Å². The van der Waals surface area contributed by atoms with E-state index in [9.17, 15) is 4.79 Å². The Bertz CT molecular complexity index is 1150. The Morgan fingerprint density at radius 1 is 0.871 bits per heavy atom. The van der Waals surface area contributed by atoms with Crippen LogP contribution in [-0.2, 0) is 6.42 Å². The molecule has 2 aromatic heterocycles. The highest BCUT2D eigenvalue weighted by Crippen LogP contribution is 2.32. The molecule has 0 bridgehead atoms. The van der Waals surface area contributed by atoms with Crippen LogP contribution in [0.25, 0.3) is 11.5 Å². The zero-order valence-electron chi connectivity index (χ0n) is 16.9. The standard InChI is InChI=1S/C25H22N4O2/c26-24-23(31-19-13-5-2-6-14-19)22(28-25(29-24)20-15-7-8-17-27-20)21(30)16-9-12-18-10-3-1-4-11-18/h1-8,10-11,13-15,17H,9,12,16H2,(H2,26,28,29). The number of rotatable bonds is 8. The number of carbonyl (C=O) groups excluding carboxylic acids is 1. The van der Waals surface area contributed by atoms with Crippen LogP contribution < -0.4 is 10.5 Å². The van der Waals surface area contributed by atoms with Gasteiger partial charge in [-0.05, 0) is 42.7 Å². The number of nitrogen functional groups attached to an aromatic ring is 1. The molecule has 0 spiro atoms. The monoisotopic (exact) mass is 410 g/mol. The van der Waals surface area contributed by atoms with Gasteiger partial charge in [-0.15, -0.1) is 0 Å². The van der Waals surface area contributed by atoms with Gasteiger partial charge in [0.25, 0.3) is 0 Å². The summed E-state index contributed by atoms with van der Waals surface area (Å²) in [5.41, 5.74) is 8.11. The molecule has 4 aromatic rings. The first-order valence-electron chi connectivity index (χ1n) is 10.1. The van der Waals surface area contributed by atoms with Crippen molar-refractivity contribution >= 4 is 11.6 Å². The predicted molar refractivity (Wildman–Crippen MR) is 120 cm³/mol. The van der Waals surface area contributed by atoms with Crippen molar-refractivity contribution in [3.05, 3.63) is 96.3 Å². The van der Waals surface area contributed by atoms with Crippen molar-refractivity contribution in [3.8, 4) is 23.0 Å². The van der Waals surface area contributed by atoms with Gasteiger partial charge >= 0.3 is 0 Å². The lowest BCUT2D eigenvalue weighted by molar-refractivity contribution is 0.0973. The number of para-hydroxylation sites is 1. The van der Waals surface area contributed by atoms with Crippen molar-refractivity contribution in [2.75, 3.05) is 5.73 Å². The molecule has 0 aliphatic carbocycles. The first-order chi connectivity index (χ1) is 15.2. The molecule has 0 aliphatic heterocycles. The van der Waals surface area contributed by atoms with E-state index in [4.69, 9.17) is 10.5 Å². The summed E-state index contributed by atoms with van der Waals surface area (Å²) in [4.78, 5) is 26.2. The van der Waals surface area contributed by atoms with Crippen LogP contribution in [0.1, 0.15) is 28.9 Å². The van der Waals surface area contributed by atoms with E-state index in [0.29, 0.717) is 30.1 Å². The lowest BCUT2D eigenvalue weighted by Gasteiger charge is -2.13. The number of nitrogens with two attached hydrogens (primary N) is 1. The molecule has 0 atom stereocenters. The maximum atomic E-state index is 13.1. The Labute approximate surface area is 180 Å². The van der Waals surface area contributed by atoms with E-state index in [1.165, 1.54) is 5.56 Å². The lowest BCUT2D eigenvalue weighted by Crippen LogP contribution is -2.11. The van der Waals surface area contributed by atoms with E-state index in [1.807, 2.05) is 42.5 Å². The van der Waals surface area contributed by atoms with Gasteiger partial charge in [-0.1, -0.05) is 54.6 Å². The zero-order chi connectivity index (χ0) is 21.5. The Hall–Kier alpha value is -4.06. The number of aryl methyl sites for hydroxylation is 1. The number of anilines is 1. The normalized spacial score (nSPS) is 10.6. The molecule has 31 heavy (non-hydrogen) atoms. The minimum atomic E-state index is -0.145. The van der Waals surface area contributed by atoms with Crippen molar-refractivity contribution in [1.82, 2.24) is 15.0 Å². The molecule has 2 N–H and O–H groups in total. The molecule has 2 heterocycles. The number of aromatic nitrogens is 3. The maximum Gasteiger partial charge on any atom is 0.198 e. The molecule has 0 saturated carbocycles. The summed E-state index contributed by atoms with van der Waals surface area (Å²) < 4.78 is 5.93. The van der Waals surface area contributed by atoms with Gasteiger partial charge < -0.3 is 10.5 Å². The van der Waals surface area contributed by atoms with Crippen LogP contribution in [0, 0.1) is 0 Å². The number of ether oxygens (including phenoxy) is 1. The second-order valence-corrected chi connectivity index (χ2v) is 7.00. The molecule has 0 saturated heterocycles. The summed E-state index contributed by atoms with van der Waals surface area (Å²) in [6, 6.07) is 24.6. The highest BCUT2D eigenvalue weighted by molar-refractivity contribution is 5.98. The predicted octanol–water partition coefficient (Wildman–Crippen LogP) is 5.12. The molecule has 2 aromatic carbocycles. The molecule has 0 unspecified atom stereocenters. The summed E-state index contributed by atoms with van der Waals surface area (Å²) in [6.45, 7) is 0. The topological polar surface area (TPSA) is 91.0 Å². The van der Waals surface area contributed by atoms with Crippen LogP contribution in [0.3, 0.4) is 0 Å². The van der Waals surface area contributed by atoms with Crippen molar-refractivity contribution in [1.29, 1.82) is 0 Å². The van der Waals surface area contributed by atoms with Gasteiger partial charge in [0.2, 0.25) is 0 Å². The summed E-state index contributed by atoms with van der Waals surface area (Å²) in [5, 5.41) is 0. The first kappa shape index (κ1) is 20.2. The number of nitrogens with zero attached hydrogens (tertiary/aromatic N) is 3. The van der Waals surface area contributed by atoms with Crippen LogP contribution in [0.15, 0.2) is 85.1 Å². The van der Waals surface area contributed by atoms with Crippen molar-refractivity contribution in [3.63, 3.8) is 0 Å². The Kier molecular flexibility index (Phi) is 6.28. The Morgan fingerprint density at radius 2 is 1.58 bits per heavy atom. The minimum Gasteiger partial charge on any atom is -0.451 e. The Balaban J connectivity index is 1.63. The first-order valence-corrected chi connectivity index (χ1v) is 10.1. The number of ketones is 1. The third kappa shape index (κ3) is 5.11. The molecule has 0 aliphatic rings. The molecular weight excluding hydrogens is 388 g/mol. The van der Waals surface area contributed by atoms with Crippen molar-refractivity contribution in [2.45, 2.75) is 19.3 Å². The highest BCUT2D eigenvalue weighted by atomic mass is 16.5. The number of benzene rings is 2. The van der Waals surface area contributed by atoms with Crippen LogP contribution >= 0.6 is 0 Å². The molecule has 154 valence electrons. The SMILES string of the molecule is Nc1nc(-c2ccccn2)nc(C(=O)CCCc2ccccc2)c1Oc1ccccc1. The number of hydrogen-bond donors (Lipinski definition) is 1. The molecule has 6 nitrogen and oxygen atoms in total. The highest BCUT2D eigenvalue weighted by Gasteiger charge is 2.22. The molecule has 0 radical (unpaired) electrons. The average molecular weight is 410 g/mol. The quantitative estimate of drug-likeness (QED) is 0.406. The minimum absolute atomic E-state index is 0.103. The fourth-order valence-electron chi connectivity index (χ4n) is 3.19. The summed E-state index contributed by atoms with van der Waals surface area (Å²) in [6.07, 6.45) is 3.45. The van der Waals surface area contributed by atoms with E-state index < -0.39 is 0 Å². The maximum absolute atomic E-state index is 13.1. The van der Waals surface area contributed by atoms with Gasteiger partial charge in [0.05, 0.1) is 0 Å². The second kappa shape index (κ2) is 9.63. The third-order valence-corrected chi connectivity index (χ3v) is 4.73. The molecule has 6 heteroatoms. The van der Waals surface area contributed by atoms with Crippen LogP contribution in [-0.4, -0.2) is 20.7 Å². The van der Waals surface area contributed by atoms with E-state index in [-0.39, 0.29) is 23.0 Å². The zero-order valence-corrected chi connectivity index (χ0v) is 16.9. The van der Waals surface area contributed by atoms with E-state index in [2.05, 4.69) is 27.1 Å². The fraction of sp³-hybridized carbons (Fsp3) is 0.120. The van der Waals surface area contributed by atoms with Crippen LogP contribution in [0.4, 0.5) is 5.82 Å². The van der Waals surface area contributed by atoms with Gasteiger partial charge in [0, 0.05) is 12.6 Å². The van der Waals surface area contributed by atoms with E-state index in [0.717, 1.165) is 6.42 Å². The average Bonchev–Trinajstić information content (AvgIpc) is 2.82. The fourth-order valence-corrected chi connectivity index (χ4v) is 3.19. The summed E-state index contributed by atoms with van der Waals surface area (Å²) >= 11 is 0. The summed E-state index contributed by atoms with van der Waals surface area (Å²) in [5.74, 6) is 0.987. The number of carbonyl (C=O) groups is 1. The van der Waals surface area contributed by atoms with Gasteiger partial charge in [0.15, 0.2) is 28.9 Å². The number of pyridine rings is 1. The third-order valence-electron chi connectivity index (χ3n) is 4.73. The van der Waals surface area contributed by atoms with Crippen molar-refractivity contribution in [2.24, 2.45) is 0 Å². The largest absolute Gasteiger partial charge is 0.451 e. The molecule has 0 fully saturated rings. The van der Waals surface area contributed by atoms with Gasteiger partial charge in [0.1, 0.15) is 11.4 Å². The summed E-state index contributed by atoms with van der Waals surface area (Å²) in [7, 11) is 0. The smallest absolute Gasteiger partial charge is 0.198 e.